The lowest BCUT2D eigenvalue weighted by atomic mass is 10.1. The quantitative estimate of drug-likeness (QED) is 0.659. The molecule has 0 aliphatic carbocycles. The Morgan fingerprint density at radius 3 is 2.35 bits per heavy atom. The number of hydrogen-bond acceptors (Lipinski definition) is 2. The molecule has 0 unspecified atom stereocenters. The van der Waals surface area contributed by atoms with E-state index in [1.807, 2.05) is 31.2 Å². The maximum atomic E-state index is 14.4. The predicted molar refractivity (Wildman–Crippen MR) is 84.4 cm³/mol. The Hall–Kier alpha value is -1.88. The molecule has 3 N–H and O–H groups in total. The van der Waals surface area contributed by atoms with Gasteiger partial charge >= 0.3 is 0 Å². The van der Waals surface area contributed by atoms with Crippen LogP contribution < -0.4 is 10.6 Å². The van der Waals surface area contributed by atoms with E-state index in [4.69, 9.17) is 11.1 Å². The fourth-order valence-corrected chi connectivity index (χ4v) is 2.46. The van der Waals surface area contributed by atoms with Crippen molar-refractivity contribution >= 4 is 33.1 Å². The molecule has 0 spiro atoms. The first kappa shape index (κ1) is 14.5. The molecule has 0 radical (unpaired) electrons. The highest BCUT2D eigenvalue weighted by Crippen LogP contribution is 2.32. The third-order valence-electron chi connectivity index (χ3n) is 3.13. The van der Waals surface area contributed by atoms with Gasteiger partial charge in [0.2, 0.25) is 0 Å². The summed E-state index contributed by atoms with van der Waals surface area (Å²) in [5.74, 6) is -0.596. The lowest BCUT2D eigenvalue weighted by molar-refractivity contribution is 0.620. The molecule has 3 nitrogen and oxygen atoms in total. The van der Waals surface area contributed by atoms with E-state index in [2.05, 4.69) is 15.9 Å². The molecule has 0 heterocycles. The van der Waals surface area contributed by atoms with Crippen LogP contribution in [-0.2, 0) is 0 Å². The molecule has 0 aliphatic rings. The first-order chi connectivity index (χ1) is 9.41. The highest BCUT2D eigenvalue weighted by Gasteiger charge is 2.16. The molecule has 0 atom stereocenters. The van der Waals surface area contributed by atoms with Crippen molar-refractivity contribution in [3.05, 3.63) is 57.8 Å². The van der Waals surface area contributed by atoms with Crippen molar-refractivity contribution in [2.24, 2.45) is 5.73 Å². The predicted octanol–water partition coefficient (Wildman–Crippen LogP) is 3.95. The number of amidine groups is 1. The van der Waals surface area contributed by atoms with Crippen LogP contribution in [0.2, 0.25) is 0 Å². The highest BCUT2D eigenvalue weighted by molar-refractivity contribution is 9.10. The van der Waals surface area contributed by atoms with Gasteiger partial charge in [-0.1, -0.05) is 17.7 Å². The van der Waals surface area contributed by atoms with Crippen LogP contribution in [0.3, 0.4) is 0 Å². The van der Waals surface area contributed by atoms with Gasteiger partial charge in [-0.3, -0.25) is 5.41 Å². The van der Waals surface area contributed by atoms with Crippen molar-refractivity contribution in [3.8, 4) is 0 Å². The zero-order valence-corrected chi connectivity index (χ0v) is 12.8. The summed E-state index contributed by atoms with van der Waals surface area (Å²) in [7, 11) is 1.79. The summed E-state index contributed by atoms with van der Waals surface area (Å²) in [5, 5.41) is 7.41. The number of benzene rings is 2. The number of hydrogen-bond donors (Lipinski definition) is 2. The van der Waals surface area contributed by atoms with Crippen LogP contribution in [0.15, 0.2) is 40.9 Å². The minimum Gasteiger partial charge on any atom is -0.384 e. The Labute approximate surface area is 125 Å². The lowest BCUT2D eigenvalue weighted by Crippen LogP contribution is -2.15. The smallest absolute Gasteiger partial charge is 0.161 e. The summed E-state index contributed by atoms with van der Waals surface area (Å²) in [6.45, 7) is 2.00. The molecule has 5 heteroatoms. The van der Waals surface area contributed by atoms with Crippen LogP contribution in [0.4, 0.5) is 15.8 Å². The number of halogens is 2. The first-order valence-corrected chi connectivity index (χ1v) is 6.84. The number of anilines is 2. The molecule has 2 aromatic rings. The summed E-state index contributed by atoms with van der Waals surface area (Å²) < 4.78 is 14.6. The molecule has 104 valence electrons. The van der Waals surface area contributed by atoms with Crippen molar-refractivity contribution in [1.29, 1.82) is 5.41 Å². The van der Waals surface area contributed by atoms with Gasteiger partial charge in [-0.15, -0.1) is 0 Å². The average molecular weight is 336 g/mol. The molecular formula is C15H15BrFN3. The average Bonchev–Trinajstić information content (AvgIpc) is 2.41. The topological polar surface area (TPSA) is 53.1 Å². The monoisotopic (exact) mass is 335 g/mol. The van der Waals surface area contributed by atoms with Crippen LogP contribution in [0.5, 0.6) is 0 Å². The lowest BCUT2D eigenvalue weighted by Gasteiger charge is -2.21. The van der Waals surface area contributed by atoms with Gasteiger partial charge < -0.3 is 10.6 Å². The second-order valence-corrected chi connectivity index (χ2v) is 5.36. The fraction of sp³-hybridized carbons (Fsp3) is 0.133. The standard InChI is InChI=1S/C15H15BrFN3/c1-9-3-5-10(6-4-9)20(2)12-8-7-11(15(18)19)13(16)14(12)17/h3-8H,1-2H3,(H3,18,19). The highest BCUT2D eigenvalue weighted by atomic mass is 79.9. The third kappa shape index (κ3) is 2.67. The van der Waals surface area contributed by atoms with E-state index in [9.17, 15) is 4.39 Å². The van der Waals surface area contributed by atoms with E-state index in [1.54, 1.807) is 24.1 Å². The van der Waals surface area contributed by atoms with Crippen molar-refractivity contribution in [2.75, 3.05) is 11.9 Å². The van der Waals surface area contributed by atoms with Crippen LogP contribution in [0.1, 0.15) is 11.1 Å². The molecule has 0 saturated heterocycles. The minimum absolute atomic E-state index is 0.166. The number of rotatable bonds is 3. The van der Waals surface area contributed by atoms with Crippen LogP contribution >= 0.6 is 15.9 Å². The number of aryl methyl sites for hydroxylation is 1. The Kier molecular flexibility index (Phi) is 4.09. The van der Waals surface area contributed by atoms with Gasteiger partial charge in [0, 0.05) is 18.3 Å². The van der Waals surface area contributed by atoms with Crippen molar-refractivity contribution in [2.45, 2.75) is 6.92 Å². The number of nitrogen functional groups attached to an aromatic ring is 1. The molecule has 2 rings (SSSR count). The Morgan fingerprint density at radius 1 is 1.20 bits per heavy atom. The number of nitrogens with two attached hydrogens (primary N) is 1. The Bertz CT molecular complexity index is 653. The van der Waals surface area contributed by atoms with Gasteiger partial charge in [-0.2, -0.15) is 0 Å². The second-order valence-electron chi connectivity index (χ2n) is 4.57. The maximum Gasteiger partial charge on any atom is 0.161 e. The molecular weight excluding hydrogens is 321 g/mol. The van der Waals surface area contributed by atoms with Crippen molar-refractivity contribution in [3.63, 3.8) is 0 Å². The molecule has 20 heavy (non-hydrogen) atoms. The maximum absolute atomic E-state index is 14.4. The number of nitrogens with one attached hydrogen (secondary N) is 1. The van der Waals surface area contributed by atoms with Crippen molar-refractivity contribution in [1.82, 2.24) is 0 Å². The van der Waals surface area contributed by atoms with Gasteiger partial charge in [0.25, 0.3) is 0 Å². The normalized spacial score (nSPS) is 10.4. The van der Waals surface area contributed by atoms with E-state index >= 15 is 0 Å². The molecule has 0 saturated carbocycles. The van der Waals surface area contributed by atoms with E-state index < -0.39 is 5.82 Å². The van der Waals surface area contributed by atoms with Crippen LogP contribution in [-0.4, -0.2) is 12.9 Å². The SMILES string of the molecule is Cc1ccc(N(C)c2ccc(C(=N)N)c(Br)c2F)cc1. The molecule has 0 fully saturated rings. The van der Waals surface area contributed by atoms with Gasteiger partial charge in [0.05, 0.1) is 10.2 Å². The van der Waals surface area contributed by atoms with E-state index in [0.717, 1.165) is 11.3 Å². The summed E-state index contributed by atoms with van der Waals surface area (Å²) in [4.78, 5) is 1.75. The summed E-state index contributed by atoms with van der Waals surface area (Å²) >= 11 is 3.16. The zero-order chi connectivity index (χ0) is 14.9. The van der Waals surface area contributed by atoms with E-state index in [-0.39, 0.29) is 10.3 Å². The van der Waals surface area contributed by atoms with Gasteiger partial charge in [-0.25, -0.2) is 4.39 Å². The Balaban J connectivity index is 2.45. The molecule has 0 amide bonds. The minimum atomic E-state index is -0.430. The zero-order valence-electron chi connectivity index (χ0n) is 11.2. The van der Waals surface area contributed by atoms with Gasteiger partial charge in [0.1, 0.15) is 5.84 Å². The van der Waals surface area contributed by atoms with Crippen LogP contribution in [0, 0.1) is 18.2 Å². The molecule has 2 aromatic carbocycles. The Morgan fingerprint density at radius 2 is 1.80 bits per heavy atom. The molecule has 0 bridgehead atoms. The molecule has 0 aliphatic heterocycles. The number of nitrogens with zero attached hydrogens (tertiary/aromatic N) is 1. The summed E-state index contributed by atoms with van der Waals surface area (Å²) in [6, 6.07) is 11.1. The van der Waals surface area contributed by atoms with E-state index in [1.165, 1.54) is 0 Å². The van der Waals surface area contributed by atoms with Gasteiger partial charge in [0.15, 0.2) is 5.82 Å². The summed E-state index contributed by atoms with van der Waals surface area (Å²) in [5.41, 5.74) is 8.22. The van der Waals surface area contributed by atoms with Gasteiger partial charge in [-0.05, 0) is 47.1 Å². The van der Waals surface area contributed by atoms with Crippen molar-refractivity contribution < 1.29 is 4.39 Å². The van der Waals surface area contributed by atoms with Crippen LogP contribution in [0.25, 0.3) is 0 Å². The fourth-order valence-electron chi connectivity index (χ4n) is 1.91. The third-order valence-corrected chi connectivity index (χ3v) is 3.91. The van der Waals surface area contributed by atoms with E-state index in [0.29, 0.717) is 11.3 Å². The first-order valence-electron chi connectivity index (χ1n) is 6.04. The second kappa shape index (κ2) is 5.63. The summed E-state index contributed by atoms with van der Waals surface area (Å²) in [6.07, 6.45) is 0. The largest absolute Gasteiger partial charge is 0.384 e. The molecule has 0 aromatic heterocycles.